The molecule has 3 atom stereocenters. The van der Waals surface area contributed by atoms with Crippen LogP contribution in [0.25, 0.3) is 0 Å². The Bertz CT molecular complexity index is 350. The van der Waals surface area contributed by atoms with Gasteiger partial charge in [-0.25, -0.2) is 0 Å². The van der Waals surface area contributed by atoms with Gasteiger partial charge in [0.1, 0.15) is 0 Å². The van der Waals surface area contributed by atoms with Crippen LogP contribution >= 0.6 is 15.9 Å². The van der Waals surface area contributed by atoms with Gasteiger partial charge in [-0.1, -0.05) is 35.0 Å². The molecule has 0 radical (unpaired) electrons. The van der Waals surface area contributed by atoms with Gasteiger partial charge in [-0.2, -0.15) is 0 Å². The average molecular weight is 297 g/mol. The van der Waals surface area contributed by atoms with Crippen LogP contribution in [-0.4, -0.2) is 19.1 Å². The van der Waals surface area contributed by atoms with Gasteiger partial charge in [0.25, 0.3) is 0 Å². The Hall–Kier alpha value is -0.380. The molecule has 1 fully saturated rings. The van der Waals surface area contributed by atoms with E-state index in [1.54, 1.807) is 0 Å². The molecule has 2 nitrogen and oxygen atoms in total. The average Bonchev–Trinajstić information content (AvgIpc) is 2.33. The second-order valence-electron chi connectivity index (χ2n) is 5.02. The molecule has 94 valence electrons. The number of benzene rings is 1. The van der Waals surface area contributed by atoms with Crippen molar-refractivity contribution >= 4 is 15.9 Å². The third-order valence-electron chi connectivity index (χ3n) is 3.62. The summed E-state index contributed by atoms with van der Waals surface area (Å²) in [5.41, 5.74) is 1.36. The molecule has 17 heavy (non-hydrogen) atoms. The van der Waals surface area contributed by atoms with E-state index in [0.29, 0.717) is 18.0 Å². The molecule has 3 unspecified atom stereocenters. The van der Waals surface area contributed by atoms with Crippen LogP contribution in [0.2, 0.25) is 0 Å². The molecular formula is C14H21BrN2. The van der Waals surface area contributed by atoms with E-state index in [1.165, 1.54) is 12.0 Å². The largest absolute Gasteiger partial charge is 0.316 e. The van der Waals surface area contributed by atoms with Crippen LogP contribution < -0.4 is 10.6 Å². The fourth-order valence-corrected chi connectivity index (χ4v) is 2.69. The second-order valence-corrected chi connectivity index (χ2v) is 5.93. The van der Waals surface area contributed by atoms with E-state index >= 15 is 0 Å². The first kappa shape index (κ1) is 13.1. The zero-order chi connectivity index (χ0) is 12.3. The summed E-state index contributed by atoms with van der Waals surface area (Å²) in [4.78, 5) is 0. The zero-order valence-corrected chi connectivity index (χ0v) is 12.1. The van der Waals surface area contributed by atoms with E-state index in [2.05, 4.69) is 64.7 Å². The van der Waals surface area contributed by atoms with Crippen LogP contribution in [0.4, 0.5) is 0 Å². The minimum atomic E-state index is 0.425. The fraction of sp³-hybridized carbons (Fsp3) is 0.571. The molecule has 0 aromatic heterocycles. The third-order valence-corrected chi connectivity index (χ3v) is 4.15. The molecule has 1 saturated heterocycles. The molecule has 3 heteroatoms. The smallest absolute Gasteiger partial charge is 0.0294 e. The Kier molecular flexibility index (Phi) is 4.60. The number of hydrogen-bond donors (Lipinski definition) is 2. The van der Waals surface area contributed by atoms with Crippen molar-refractivity contribution in [2.24, 2.45) is 5.92 Å². The Morgan fingerprint density at radius 2 is 2.06 bits per heavy atom. The highest BCUT2D eigenvalue weighted by Gasteiger charge is 2.22. The van der Waals surface area contributed by atoms with Crippen molar-refractivity contribution in [3.63, 3.8) is 0 Å². The van der Waals surface area contributed by atoms with Crippen LogP contribution in [0, 0.1) is 5.92 Å². The summed E-state index contributed by atoms with van der Waals surface area (Å²) >= 11 is 3.47. The maximum absolute atomic E-state index is 3.75. The molecule has 1 aromatic rings. The molecule has 1 aromatic carbocycles. The SMILES string of the molecule is CC(NC1CCNCC1C)c1ccc(Br)cc1. The number of rotatable bonds is 3. The second kappa shape index (κ2) is 5.98. The van der Waals surface area contributed by atoms with Crippen LogP contribution in [0.1, 0.15) is 31.9 Å². The molecule has 0 saturated carbocycles. The molecule has 0 amide bonds. The first-order chi connectivity index (χ1) is 8.16. The number of nitrogens with one attached hydrogen (secondary N) is 2. The summed E-state index contributed by atoms with van der Waals surface area (Å²) in [6.45, 7) is 6.83. The molecule has 0 spiro atoms. The van der Waals surface area contributed by atoms with Crippen molar-refractivity contribution in [3.05, 3.63) is 34.3 Å². The highest BCUT2D eigenvalue weighted by atomic mass is 79.9. The van der Waals surface area contributed by atoms with Crippen molar-refractivity contribution in [2.45, 2.75) is 32.4 Å². The quantitative estimate of drug-likeness (QED) is 0.896. The summed E-state index contributed by atoms with van der Waals surface area (Å²) < 4.78 is 1.14. The molecule has 0 aliphatic carbocycles. The zero-order valence-electron chi connectivity index (χ0n) is 10.5. The van der Waals surface area contributed by atoms with Crippen molar-refractivity contribution < 1.29 is 0 Å². The Morgan fingerprint density at radius 1 is 1.35 bits per heavy atom. The van der Waals surface area contributed by atoms with E-state index in [9.17, 15) is 0 Å². The normalized spacial score (nSPS) is 26.8. The molecule has 1 heterocycles. The lowest BCUT2D eigenvalue weighted by atomic mass is 9.94. The fourth-order valence-electron chi connectivity index (χ4n) is 2.43. The molecule has 0 bridgehead atoms. The Morgan fingerprint density at radius 3 is 2.71 bits per heavy atom. The van der Waals surface area contributed by atoms with E-state index in [4.69, 9.17) is 0 Å². The maximum Gasteiger partial charge on any atom is 0.0294 e. The van der Waals surface area contributed by atoms with Crippen molar-refractivity contribution in [1.82, 2.24) is 10.6 Å². The predicted molar refractivity (Wildman–Crippen MR) is 76.1 cm³/mol. The van der Waals surface area contributed by atoms with Crippen LogP contribution in [-0.2, 0) is 0 Å². The van der Waals surface area contributed by atoms with Gasteiger partial charge in [0, 0.05) is 16.6 Å². The van der Waals surface area contributed by atoms with Gasteiger partial charge in [-0.3, -0.25) is 0 Å². The van der Waals surface area contributed by atoms with Gasteiger partial charge in [0.05, 0.1) is 0 Å². The lowest BCUT2D eigenvalue weighted by Crippen LogP contribution is -2.47. The summed E-state index contributed by atoms with van der Waals surface area (Å²) in [6, 6.07) is 9.66. The molecule has 1 aliphatic heterocycles. The first-order valence-corrected chi connectivity index (χ1v) is 7.18. The van der Waals surface area contributed by atoms with Crippen LogP contribution in [0.15, 0.2) is 28.7 Å². The molecular weight excluding hydrogens is 276 g/mol. The topological polar surface area (TPSA) is 24.1 Å². The number of piperidine rings is 1. The summed E-state index contributed by atoms with van der Waals surface area (Å²) in [6.07, 6.45) is 1.22. The highest BCUT2D eigenvalue weighted by Crippen LogP contribution is 2.20. The Balaban J connectivity index is 1.95. The van der Waals surface area contributed by atoms with Gasteiger partial charge in [0.15, 0.2) is 0 Å². The summed E-state index contributed by atoms with van der Waals surface area (Å²) in [7, 11) is 0. The lowest BCUT2D eigenvalue weighted by molar-refractivity contribution is 0.278. The number of hydrogen-bond acceptors (Lipinski definition) is 2. The van der Waals surface area contributed by atoms with Gasteiger partial charge >= 0.3 is 0 Å². The molecule has 2 N–H and O–H groups in total. The van der Waals surface area contributed by atoms with E-state index in [-0.39, 0.29) is 0 Å². The van der Waals surface area contributed by atoms with Crippen molar-refractivity contribution in [3.8, 4) is 0 Å². The molecule has 2 rings (SSSR count). The van der Waals surface area contributed by atoms with Gasteiger partial charge in [-0.05, 0) is 50.0 Å². The Labute approximate surface area is 112 Å². The lowest BCUT2D eigenvalue weighted by Gasteiger charge is -2.33. The first-order valence-electron chi connectivity index (χ1n) is 6.39. The highest BCUT2D eigenvalue weighted by molar-refractivity contribution is 9.10. The van der Waals surface area contributed by atoms with E-state index in [1.807, 2.05) is 0 Å². The predicted octanol–water partition coefficient (Wildman–Crippen LogP) is 3.10. The third kappa shape index (κ3) is 3.54. The number of halogens is 1. The van der Waals surface area contributed by atoms with Gasteiger partial charge in [0.2, 0.25) is 0 Å². The van der Waals surface area contributed by atoms with E-state index in [0.717, 1.165) is 17.6 Å². The summed E-state index contributed by atoms with van der Waals surface area (Å²) in [5, 5.41) is 7.19. The van der Waals surface area contributed by atoms with E-state index < -0.39 is 0 Å². The summed E-state index contributed by atoms with van der Waals surface area (Å²) in [5.74, 6) is 0.710. The van der Waals surface area contributed by atoms with Crippen molar-refractivity contribution in [1.29, 1.82) is 0 Å². The van der Waals surface area contributed by atoms with Crippen LogP contribution in [0.3, 0.4) is 0 Å². The van der Waals surface area contributed by atoms with Crippen molar-refractivity contribution in [2.75, 3.05) is 13.1 Å². The molecule has 1 aliphatic rings. The maximum atomic E-state index is 3.75. The van der Waals surface area contributed by atoms with Gasteiger partial charge in [-0.15, -0.1) is 0 Å². The standard InChI is InChI=1S/C14H21BrN2/c1-10-9-16-8-7-14(10)17-11(2)12-3-5-13(15)6-4-12/h3-6,10-11,14,16-17H,7-9H2,1-2H3. The van der Waals surface area contributed by atoms with Gasteiger partial charge < -0.3 is 10.6 Å². The minimum absolute atomic E-state index is 0.425. The monoisotopic (exact) mass is 296 g/mol. The van der Waals surface area contributed by atoms with Crippen LogP contribution in [0.5, 0.6) is 0 Å². The minimum Gasteiger partial charge on any atom is -0.316 e.